The molecule has 1 aromatic carbocycles. The van der Waals surface area contributed by atoms with Crippen LogP contribution in [0.15, 0.2) is 34.2 Å². The number of H-pyrrole nitrogens is 1. The number of nitrogens with zero attached hydrogens (tertiary/aromatic N) is 3. The molecule has 1 aliphatic heterocycles. The van der Waals surface area contributed by atoms with Crippen LogP contribution in [0, 0.1) is 6.92 Å². The fourth-order valence-corrected chi connectivity index (χ4v) is 3.32. The Kier molecular flexibility index (Phi) is 6.24. The lowest BCUT2D eigenvalue weighted by Crippen LogP contribution is -2.29. The molecule has 2 aromatic rings. The molecule has 0 unspecified atom stereocenters. The topological polar surface area (TPSA) is 82.6 Å². The highest BCUT2D eigenvalue weighted by Gasteiger charge is 2.14. The molecule has 7 nitrogen and oxygen atoms in total. The number of hydrogen-bond acceptors (Lipinski definition) is 6. The van der Waals surface area contributed by atoms with Gasteiger partial charge in [0.1, 0.15) is 5.75 Å². The molecule has 0 spiro atoms. The predicted molar refractivity (Wildman–Crippen MR) is 108 cm³/mol. The number of aryl methyl sites for hydroxylation is 1. The normalized spacial score (nSPS) is 15.6. The first-order valence-corrected chi connectivity index (χ1v) is 9.33. The molecule has 2 N–H and O–H groups in total. The van der Waals surface area contributed by atoms with Crippen LogP contribution in [0.1, 0.15) is 43.0 Å². The minimum absolute atomic E-state index is 0.203. The quantitative estimate of drug-likeness (QED) is 0.604. The van der Waals surface area contributed by atoms with Gasteiger partial charge in [0.2, 0.25) is 5.95 Å². The Morgan fingerprint density at radius 2 is 2.07 bits per heavy atom. The molecule has 1 aromatic heterocycles. The third kappa shape index (κ3) is 5.17. The average molecular weight is 369 g/mol. The van der Waals surface area contributed by atoms with Crippen molar-refractivity contribution in [3.05, 3.63) is 51.4 Å². The van der Waals surface area contributed by atoms with Gasteiger partial charge in [-0.15, -0.1) is 0 Å². The lowest BCUT2D eigenvalue weighted by Gasteiger charge is -2.27. The molecule has 1 saturated heterocycles. The monoisotopic (exact) mass is 369 g/mol. The summed E-state index contributed by atoms with van der Waals surface area (Å²) in [4.78, 5) is 20.8. The molecule has 1 aliphatic rings. The molecule has 0 aliphatic carbocycles. The Labute approximate surface area is 159 Å². The van der Waals surface area contributed by atoms with Crippen LogP contribution >= 0.6 is 0 Å². The van der Waals surface area contributed by atoms with E-state index in [9.17, 15) is 4.79 Å². The van der Waals surface area contributed by atoms with E-state index in [0.717, 1.165) is 42.2 Å². The van der Waals surface area contributed by atoms with E-state index >= 15 is 0 Å². The Balaban J connectivity index is 1.78. The molecule has 0 saturated carbocycles. The third-order valence-electron chi connectivity index (χ3n) is 4.74. The van der Waals surface area contributed by atoms with Crippen LogP contribution in [0.2, 0.25) is 0 Å². The lowest BCUT2D eigenvalue weighted by atomic mass is 10.0. The van der Waals surface area contributed by atoms with Gasteiger partial charge < -0.3 is 4.74 Å². The summed E-state index contributed by atoms with van der Waals surface area (Å²) >= 11 is 0. The molecule has 0 atom stereocenters. The zero-order valence-corrected chi connectivity index (χ0v) is 16.2. The van der Waals surface area contributed by atoms with Crippen molar-refractivity contribution in [2.24, 2.45) is 5.10 Å². The second kappa shape index (κ2) is 8.81. The number of aromatic nitrogens is 2. The second-order valence-corrected chi connectivity index (χ2v) is 6.91. The number of hydrogen-bond donors (Lipinski definition) is 2. The van der Waals surface area contributed by atoms with Crippen molar-refractivity contribution in [2.75, 3.05) is 25.6 Å². The molecule has 0 radical (unpaired) electrons. The van der Waals surface area contributed by atoms with E-state index in [0.29, 0.717) is 11.6 Å². The van der Waals surface area contributed by atoms with E-state index in [1.54, 1.807) is 14.0 Å². The van der Waals surface area contributed by atoms with Gasteiger partial charge in [-0.05, 0) is 63.5 Å². The highest BCUT2D eigenvalue weighted by Crippen LogP contribution is 2.23. The first kappa shape index (κ1) is 19.1. The lowest BCUT2D eigenvalue weighted by molar-refractivity contribution is 0.218. The fraction of sp³-hybridized carbons (Fsp3) is 0.450. The zero-order chi connectivity index (χ0) is 19.2. The van der Waals surface area contributed by atoms with Crippen LogP contribution in [0.5, 0.6) is 5.75 Å². The minimum atomic E-state index is -0.203. The number of likely N-dealkylation sites (tertiary alicyclic amines) is 1. The summed E-state index contributed by atoms with van der Waals surface area (Å²) in [5, 5.41) is 4.37. The molecule has 1 fully saturated rings. The number of benzene rings is 1. The van der Waals surface area contributed by atoms with Gasteiger partial charge in [-0.25, -0.2) is 10.4 Å². The molecule has 0 bridgehead atoms. The molecule has 0 amide bonds. The maximum atomic E-state index is 11.5. The van der Waals surface area contributed by atoms with Crippen molar-refractivity contribution < 1.29 is 4.74 Å². The summed E-state index contributed by atoms with van der Waals surface area (Å²) in [6, 6.07) is 7.55. The van der Waals surface area contributed by atoms with Crippen LogP contribution < -0.4 is 15.7 Å². The second-order valence-electron chi connectivity index (χ2n) is 6.91. The van der Waals surface area contributed by atoms with Gasteiger partial charge in [0.25, 0.3) is 5.56 Å². The largest absolute Gasteiger partial charge is 0.496 e. The summed E-state index contributed by atoms with van der Waals surface area (Å²) in [5.74, 6) is 1.23. The van der Waals surface area contributed by atoms with Gasteiger partial charge in [0.05, 0.1) is 12.8 Å². The van der Waals surface area contributed by atoms with Crippen molar-refractivity contribution in [1.29, 1.82) is 0 Å². The Bertz CT molecular complexity index is 869. The Hall–Kier alpha value is -2.67. The third-order valence-corrected chi connectivity index (χ3v) is 4.74. The van der Waals surface area contributed by atoms with E-state index < -0.39 is 0 Å². The van der Waals surface area contributed by atoms with Crippen LogP contribution in [-0.4, -0.2) is 40.8 Å². The first-order chi connectivity index (χ1) is 13.0. The maximum absolute atomic E-state index is 11.5. The number of nitrogens with one attached hydrogen (secondary N) is 2. The minimum Gasteiger partial charge on any atom is -0.496 e. The molecule has 2 heterocycles. The van der Waals surface area contributed by atoms with Gasteiger partial charge in [0, 0.05) is 23.9 Å². The number of methoxy groups -OCH3 is 1. The van der Waals surface area contributed by atoms with E-state index in [2.05, 4.69) is 31.5 Å². The molecule has 3 rings (SSSR count). The Morgan fingerprint density at radius 1 is 1.30 bits per heavy atom. The van der Waals surface area contributed by atoms with Crippen LogP contribution in [0.3, 0.4) is 0 Å². The smallest absolute Gasteiger partial charge is 0.252 e. The highest BCUT2D eigenvalue weighted by molar-refractivity contribution is 5.99. The van der Waals surface area contributed by atoms with Gasteiger partial charge in [-0.3, -0.25) is 14.7 Å². The summed E-state index contributed by atoms with van der Waals surface area (Å²) in [5.41, 5.74) is 6.24. The van der Waals surface area contributed by atoms with Gasteiger partial charge in [-0.2, -0.15) is 5.10 Å². The van der Waals surface area contributed by atoms with Crippen LogP contribution in [0.4, 0.5) is 5.95 Å². The van der Waals surface area contributed by atoms with Gasteiger partial charge in [-0.1, -0.05) is 6.42 Å². The maximum Gasteiger partial charge on any atom is 0.252 e. The van der Waals surface area contributed by atoms with E-state index in [-0.39, 0.29) is 5.56 Å². The van der Waals surface area contributed by atoms with Crippen molar-refractivity contribution in [3.8, 4) is 5.75 Å². The summed E-state index contributed by atoms with van der Waals surface area (Å²) in [6.45, 7) is 6.84. The average Bonchev–Trinajstić information content (AvgIpc) is 2.66. The first-order valence-electron chi connectivity index (χ1n) is 9.33. The van der Waals surface area contributed by atoms with Crippen LogP contribution in [0.25, 0.3) is 0 Å². The SMILES string of the molecule is COc1ccc(/C(C)=N\Nc2nc(C)cc(=O)[nH]2)cc1CN1CCCCC1. The highest BCUT2D eigenvalue weighted by atomic mass is 16.5. The van der Waals surface area contributed by atoms with E-state index in [4.69, 9.17) is 4.74 Å². The van der Waals surface area contributed by atoms with Crippen molar-refractivity contribution in [3.63, 3.8) is 0 Å². The number of rotatable bonds is 6. The Morgan fingerprint density at radius 3 is 2.78 bits per heavy atom. The number of anilines is 1. The van der Waals surface area contributed by atoms with Crippen molar-refractivity contribution in [2.45, 2.75) is 39.7 Å². The summed E-state index contributed by atoms with van der Waals surface area (Å²) in [7, 11) is 1.71. The number of piperidine rings is 1. The number of ether oxygens (including phenoxy) is 1. The number of aromatic amines is 1. The fourth-order valence-electron chi connectivity index (χ4n) is 3.32. The summed E-state index contributed by atoms with van der Waals surface area (Å²) < 4.78 is 5.55. The standard InChI is InChI=1S/C20H27N5O2/c1-14-11-19(26)22-20(21-14)24-23-15(2)16-7-8-18(27-3)17(12-16)13-25-9-5-4-6-10-25/h7-8,11-12H,4-6,9-10,13H2,1-3H3,(H2,21,22,24,26)/b23-15-. The molecule has 144 valence electrons. The zero-order valence-electron chi connectivity index (χ0n) is 16.2. The molecule has 27 heavy (non-hydrogen) atoms. The van der Waals surface area contributed by atoms with Crippen molar-refractivity contribution >= 4 is 11.7 Å². The summed E-state index contributed by atoms with van der Waals surface area (Å²) in [6.07, 6.45) is 3.84. The van der Waals surface area contributed by atoms with E-state index in [1.807, 2.05) is 19.1 Å². The van der Waals surface area contributed by atoms with E-state index in [1.165, 1.54) is 25.3 Å². The predicted octanol–water partition coefficient (Wildman–Crippen LogP) is 2.91. The molecular formula is C20H27N5O2. The van der Waals surface area contributed by atoms with Crippen LogP contribution in [-0.2, 0) is 6.54 Å². The van der Waals surface area contributed by atoms with Crippen molar-refractivity contribution in [1.82, 2.24) is 14.9 Å². The molecular weight excluding hydrogens is 342 g/mol. The van der Waals surface area contributed by atoms with Gasteiger partial charge in [0.15, 0.2) is 0 Å². The molecule has 7 heteroatoms. The number of hydrazone groups is 1. The van der Waals surface area contributed by atoms with Gasteiger partial charge >= 0.3 is 0 Å².